The molecule has 108 valence electrons. The van der Waals surface area contributed by atoms with Crippen molar-refractivity contribution in [2.24, 2.45) is 12.8 Å². The third-order valence-corrected chi connectivity index (χ3v) is 5.37. The fraction of sp³-hybridized carbons (Fsp3) is 0.308. The molecule has 1 aromatic heterocycles. The fourth-order valence-electron chi connectivity index (χ4n) is 2.27. The molecule has 1 aromatic carbocycles. The molecule has 6 nitrogen and oxygen atoms in total. The Kier molecular flexibility index (Phi) is 3.58. The van der Waals surface area contributed by atoms with Crippen molar-refractivity contribution in [3.05, 3.63) is 30.0 Å². The van der Waals surface area contributed by atoms with E-state index in [0.29, 0.717) is 11.1 Å². The van der Waals surface area contributed by atoms with Crippen molar-refractivity contribution in [2.45, 2.75) is 11.8 Å². The Labute approximate surface area is 117 Å². The predicted octanol–water partition coefficient (Wildman–Crippen LogP) is 0.593. The van der Waals surface area contributed by atoms with Gasteiger partial charge in [0.1, 0.15) is 4.90 Å². The second-order valence-corrected chi connectivity index (χ2v) is 6.70. The number of aromatic nitrogens is 1. The Morgan fingerprint density at radius 2 is 1.95 bits per heavy atom. The van der Waals surface area contributed by atoms with Gasteiger partial charge in [0.15, 0.2) is 0 Å². The van der Waals surface area contributed by atoms with Crippen molar-refractivity contribution < 1.29 is 13.2 Å². The van der Waals surface area contributed by atoms with Crippen molar-refractivity contribution in [3.63, 3.8) is 0 Å². The first-order valence-electron chi connectivity index (χ1n) is 6.05. The molecule has 0 radical (unpaired) electrons. The molecule has 0 saturated carbocycles. The lowest BCUT2D eigenvalue weighted by Gasteiger charge is -2.15. The van der Waals surface area contributed by atoms with E-state index in [-0.39, 0.29) is 11.4 Å². The highest BCUT2D eigenvalue weighted by Gasteiger charge is 2.28. The maximum absolute atomic E-state index is 12.6. The number of aryl methyl sites for hydroxylation is 1. The van der Waals surface area contributed by atoms with Crippen LogP contribution in [0.1, 0.15) is 5.69 Å². The Balaban J connectivity index is 2.69. The summed E-state index contributed by atoms with van der Waals surface area (Å²) in [7, 11) is -0.600. The minimum atomic E-state index is -3.76. The number of carbonyl (C=O) groups excluding carboxylic acids is 1. The number of rotatable bonds is 4. The predicted molar refractivity (Wildman–Crippen MR) is 76.7 cm³/mol. The number of nitrogens with zero attached hydrogens (tertiary/aromatic N) is 2. The third-order valence-electron chi connectivity index (χ3n) is 3.39. The second-order valence-electron chi connectivity index (χ2n) is 4.72. The van der Waals surface area contributed by atoms with E-state index in [2.05, 4.69) is 0 Å². The Morgan fingerprint density at radius 3 is 2.55 bits per heavy atom. The van der Waals surface area contributed by atoms with Gasteiger partial charge in [-0.2, -0.15) is 4.31 Å². The lowest BCUT2D eigenvalue weighted by Crippen LogP contribution is -2.35. The zero-order chi connectivity index (χ0) is 15.1. The first-order chi connectivity index (χ1) is 9.26. The van der Waals surface area contributed by atoms with Gasteiger partial charge < -0.3 is 10.3 Å². The monoisotopic (exact) mass is 295 g/mol. The highest BCUT2D eigenvalue weighted by Crippen LogP contribution is 2.30. The van der Waals surface area contributed by atoms with E-state index in [1.54, 1.807) is 19.1 Å². The number of likely N-dealkylation sites (N-methyl/N-ethyl adjacent to an activating group) is 1. The standard InChI is InChI=1S/C13H17N3O3S/c1-9-13(20(18,19)15(2)8-12(14)17)10-6-4-5-7-11(10)16(9)3/h4-7H,8H2,1-3H3,(H2,14,17). The quantitative estimate of drug-likeness (QED) is 0.896. The highest BCUT2D eigenvalue weighted by atomic mass is 32.2. The second kappa shape index (κ2) is 4.92. The SMILES string of the molecule is Cc1c(S(=O)(=O)N(C)CC(N)=O)c2ccccc2n1C. The molecule has 1 heterocycles. The van der Waals surface area contributed by atoms with Gasteiger partial charge in [-0.1, -0.05) is 18.2 Å². The molecule has 2 aromatic rings. The number of primary amides is 1. The minimum absolute atomic E-state index is 0.222. The smallest absolute Gasteiger partial charge is 0.245 e. The Bertz CT molecular complexity index is 778. The maximum atomic E-state index is 12.6. The van der Waals surface area contributed by atoms with Gasteiger partial charge in [-0.15, -0.1) is 0 Å². The molecule has 0 aliphatic heterocycles. The number of carbonyl (C=O) groups is 1. The van der Waals surface area contributed by atoms with Gasteiger partial charge in [-0.3, -0.25) is 4.79 Å². The molecule has 0 fully saturated rings. The number of hydrogen-bond donors (Lipinski definition) is 1. The average Bonchev–Trinajstić information content (AvgIpc) is 2.62. The van der Waals surface area contributed by atoms with Gasteiger partial charge in [-0.25, -0.2) is 8.42 Å². The van der Waals surface area contributed by atoms with Gasteiger partial charge in [0.2, 0.25) is 15.9 Å². The molecular weight excluding hydrogens is 278 g/mol. The molecule has 0 aliphatic carbocycles. The Hall–Kier alpha value is -1.86. The van der Waals surface area contributed by atoms with Crippen LogP contribution in [0.4, 0.5) is 0 Å². The van der Waals surface area contributed by atoms with Gasteiger partial charge in [0.25, 0.3) is 0 Å². The van der Waals surface area contributed by atoms with Crippen LogP contribution in [0.5, 0.6) is 0 Å². The van der Waals surface area contributed by atoms with Crippen LogP contribution in [0.25, 0.3) is 10.9 Å². The fourth-order valence-corrected chi connectivity index (χ4v) is 3.84. The molecule has 0 atom stereocenters. The summed E-state index contributed by atoms with van der Waals surface area (Å²) in [5.74, 6) is -0.686. The summed E-state index contributed by atoms with van der Waals surface area (Å²) in [5, 5.41) is 0.642. The number of sulfonamides is 1. The molecule has 20 heavy (non-hydrogen) atoms. The van der Waals surface area contributed by atoms with Crippen LogP contribution >= 0.6 is 0 Å². The van der Waals surface area contributed by atoms with E-state index in [4.69, 9.17) is 5.73 Å². The van der Waals surface area contributed by atoms with E-state index < -0.39 is 15.9 Å². The molecule has 0 unspecified atom stereocenters. The van der Waals surface area contributed by atoms with Crippen molar-refractivity contribution in [1.82, 2.24) is 8.87 Å². The van der Waals surface area contributed by atoms with E-state index in [9.17, 15) is 13.2 Å². The molecule has 0 spiro atoms. The summed E-state index contributed by atoms with van der Waals surface area (Å²) in [4.78, 5) is 11.2. The number of benzene rings is 1. The molecule has 2 rings (SSSR count). The average molecular weight is 295 g/mol. The van der Waals surface area contributed by atoms with Crippen LogP contribution < -0.4 is 5.73 Å². The van der Waals surface area contributed by atoms with Crippen LogP contribution in [0.15, 0.2) is 29.2 Å². The van der Waals surface area contributed by atoms with Gasteiger partial charge in [0.05, 0.1) is 6.54 Å². The van der Waals surface area contributed by atoms with Crippen molar-refractivity contribution in [3.8, 4) is 0 Å². The van der Waals surface area contributed by atoms with Crippen molar-refractivity contribution in [2.75, 3.05) is 13.6 Å². The minimum Gasteiger partial charge on any atom is -0.369 e. The lowest BCUT2D eigenvalue weighted by molar-refractivity contribution is -0.118. The van der Waals surface area contributed by atoms with Gasteiger partial charge in [-0.05, 0) is 13.0 Å². The maximum Gasteiger partial charge on any atom is 0.245 e. The van der Waals surface area contributed by atoms with E-state index in [1.807, 2.05) is 23.7 Å². The molecule has 0 bridgehead atoms. The topological polar surface area (TPSA) is 85.4 Å². The lowest BCUT2D eigenvalue weighted by atomic mass is 10.2. The van der Waals surface area contributed by atoms with Crippen LogP contribution in [-0.2, 0) is 21.9 Å². The zero-order valence-electron chi connectivity index (χ0n) is 11.6. The van der Waals surface area contributed by atoms with E-state index >= 15 is 0 Å². The van der Waals surface area contributed by atoms with Gasteiger partial charge >= 0.3 is 0 Å². The number of amides is 1. The van der Waals surface area contributed by atoms with Crippen LogP contribution in [-0.4, -0.2) is 36.8 Å². The molecular formula is C13H17N3O3S. The number of fused-ring (bicyclic) bond motifs is 1. The van der Waals surface area contributed by atoms with Crippen LogP contribution in [0, 0.1) is 6.92 Å². The van der Waals surface area contributed by atoms with Crippen LogP contribution in [0.2, 0.25) is 0 Å². The Morgan fingerprint density at radius 1 is 1.35 bits per heavy atom. The molecule has 7 heteroatoms. The summed E-state index contributed by atoms with van der Waals surface area (Å²) in [5.41, 5.74) is 6.53. The summed E-state index contributed by atoms with van der Waals surface area (Å²) >= 11 is 0. The summed E-state index contributed by atoms with van der Waals surface area (Å²) in [6, 6.07) is 7.25. The van der Waals surface area contributed by atoms with E-state index in [1.165, 1.54) is 7.05 Å². The first-order valence-corrected chi connectivity index (χ1v) is 7.49. The van der Waals surface area contributed by atoms with Crippen molar-refractivity contribution >= 4 is 26.8 Å². The first kappa shape index (κ1) is 14.5. The highest BCUT2D eigenvalue weighted by molar-refractivity contribution is 7.89. The van der Waals surface area contributed by atoms with Crippen molar-refractivity contribution in [1.29, 1.82) is 0 Å². The summed E-state index contributed by atoms with van der Waals surface area (Å²) < 4.78 is 28.0. The molecule has 1 amide bonds. The normalized spacial score (nSPS) is 12.2. The molecule has 0 aliphatic rings. The molecule has 0 saturated heterocycles. The van der Waals surface area contributed by atoms with E-state index in [0.717, 1.165) is 9.82 Å². The molecule has 2 N–H and O–H groups in total. The number of para-hydroxylation sites is 1. The third kappa shape index (κ3) is 2.19. The number of nitrogens with two attached hydrogens (primary N) is 1. The number of hydrogen-bond acceptors (Lipinski definition) is 3. The van der Waals surface area contributed by atoms with Gasteiger partial charge in [0, 0.05) is 30.7 Å². The van der Waals surface area contributed by atoms with Crippen LogP contribution in [0.3, 0.4) is 0 Å². The zero-order valence-corrected chi connectivity index (χ0v) is 12.4. The summed E-state index contributed by atoms with van der Waals surface area (Å²) in [6.07, 6.45) is 0. The summed E-state index contributed by atoms with van der Waals surface area (Å²) in [6.45, 7) is 1.40. The largest absolute Gasteiger partial charge is 0.369 e.